The fraction of sp³-hybridized carbons (Fsp3) is 0.609. The molecule has 0 spiro atoms. The highest BCUT2D eigenvalue weighted by atomic mass is 28.4. The summed E-state index contributed by atoms with van der Waals surface area (Å²) >= 11 is 0. The third-order valence-electron chi connectivity index (χ3n) is 4.54. The standard InChI is InChI=1S/C23H37NO4Si/c1-18(28-29(5,6)7)16-20-21(26-17-19-12-9-8-10-13-19)14-11-15-24(20)22(25)27-23(2,3)4/h8-10,12-13,20-21H,1,11,14-17H2,2-7H3/t20-,21-/m0/s1. The van der Waals surface area contributed by atoms with Crippen molar-refractivity contribution >= 4 is 14.4 Å². The maximum atomic E-state index is 12.9. The van der Waals surface area contributed by atoms with Crippen LogP contribution in [0.5, 0.6) is 0 Å². The molecule has 0 aromatic heterocycles. The highest BCUT2D eigenvalue weighted by Crippen LogP contribution is 2.29. The third kappa shape index (κ3) is 8.23. The van der Waals surface area contributed by atoms with Crippen molar-refractivity contribution in [3.05, 3.63) is 48.2 Å². The van der Waals surface area contributed by atoms with Crippen LogP contribution in [0.15, 0.2) is 42.7 Å². The quantitative estimate of drug-likeness (QED) is 0.418. The Morgan fingerprint density at radius 1 is 1.21 bits per heavy atom. The summed E-state index contributed by atoms with van der Waals surface area (Å²) < 4.78 is 18.0. The SMILES string of the molecule is C=C(C[C@H]1[C@@H](OCc2ccccc2)CCCN1C(=O)OC(C)(C)C)O[Si](C)(C)C. The predicted molar refractivity (Wildman–Crippen MR) is 119 cm³/mol. The van der Waals surface area contributed by atoms with Gasteiger partial charge in [0.25, 0.3) is 0 Å². The summed E-state index contributed by atoms with van der Waals surface area (Å²) in [4.78, 5) is 14.7. The van der Waals surface area contributed by atoms with Crippen molar-refractivity contribution in [1.29, 1.82) is 0 Å². The summed E-state index contributed by atoms with van der Waals surface area (Å²) in [5.74, 6) is 0.720. The zero-order chi connectivity index (χ0) is 21.7. The highest BCUT2D eigenvalue weighted by Gasteiger charge is 2.38. The molecule has 162 valence electrons. The number of nitrogens with zero attached hydrogens (tertiary/aromatic N) is 1. The maximum Gasteiger partial charge on any atom is 0.410 e. The number of benzene rings is 1. The largest absolute Gasteiger partial charge is 0.548 e. The Morgan fingerprint density at radius 2 is 1.86 bits per heavy atom. The van der Waals surface area contributed by atoms with Gasteiger partial charge in [-0.2, -0.15) is 0 Å². The van der Waals surface area contributed by atoms with E-state index in [1.807, 2.05) is 43.9 Å². The zero-order valence-corrected chi connectivity index (χ0v) is 19.9. The average molecular weight is 420 g/mol. The molecule has 1 amide bonds. The molecule has 1 aromatic carbocycles. The Balaban J connectivity index is 2.15. The smallest absolute Gasteiger partial charge is 0.410 e. The Bertz CT molecular complexity index is 678. The Labute approximate surface area is 177 Å². The van der Waals surface area contributed by atoms with Gasteiger partial charge in [-0.05, 0) is 58.8 Å². The van der Waals surface area contributed by atoms with Crippen LogP contribution < -0.4 is 0 Å². The fourth-order valence-electron chi connectivity index (χ4n) is 3.49. The van der Waals surface area contributed by atoms with Gasteiger partial charge < -0.3 is 18.8 Å². The minimum atomic E-state index is -1.76. The van der Waals surface area contributed by atoms with Gasteiger partial charge in [0.2, 0.25) is 8.32 Å². The number of carbonyl (C=O) groups is 1. The van der Waals surface area contributed by atoms with Crippen LogP contribution >= 0.6 is 0 Å². The van der Waals surface area contributed by atoms with E-state index in [1.165, 1.54) is 0 Å². The third-order valence-corrected chi connectivity index (χ3v) is 5.44. The van der Waals surface area contributed by atoms with E-state index in [4.69, 9.17) is 13.9 Å². The monoisotopic (exact) mass is 419 g/mol. The number of hydrogen-bond donors (Lipinski definition) is 0. The Morgan fingerprint density at radius 3 is 2.45 bits per heavy atom. The van der Waals surface area contributed by atoms with Gasteiger partial charge in [-0.1, -0.05) is 36.9 Å². The average Bonchev–Trinajstić information content (AvgIpc) is 2.58. The van der Waals surface area contributed by atoms with Crippen molar-refractivity contribution in [2.75, 3.05) is 6.54 Å². The first kappa shape index (κ1) is 23.5. The van der Waals surface area contributed by atoms with Crippen LogP contribution in [0.3, 0.4) is 0 Å². The second kappa shape index (κ2) is 9.81. The molecular formula is C23H37NO4Si. The van der Waals surface area contributed by atoms with Crippen molar-refractivity contribution in [3.63, 3.8) is 0 Å². The van der Waals surface area contributed by atoms with Crippen LogP contribution in [-0.4, -0.2) is 43.6 Å². The minimum Gasteiger partial charge on any atom is -0.548 e. The molecule has 1 aliphatic heterocycles. The molecule has 0 unspecified atom stereocenters. The van der Waals surface area contributed by atoms with Crippen LogP contribution in [0.2, 0.25) is 19.6 Å². The van der Waals surface area contributed by atoms with Crippen molar-refractivity contribution in [3.8, 4) is 0 Å². The first-order chi connectivity index (χ1) is 13.4. The molecule has 0 bridgehead atoms. The van der Waals surface area contributed by atoms with E-state index < -0.39 is 13.9 Å². The molecular weight excluding hydrogens is 382 g/mol. The van der Waals surface area contributed by atoms with Gasteiger partial charge >= 0.3 is 6.09 Å². The predicted octanol–water partition coefficient (Wildman–Crippen LogP) is 5.73. The zero-order valence-electron chi connectivity index (χ0n) is 18.9. The lowest BCUT2D eigenvalue weighted by molar-refractivity contribution is -0.0600. The van der Waals surface area contributed by atoms with Crippen molar-refractivity contribution in [1.82, 2.24) is 4.90 Å². The van der Waals surface area contributed by atoms with E-state index in [2.05, 4.69) is 38.4 Å². The highest BCUT2D eigenvalue weighted by molar-refractivity contribution is 6.70. The van der Waals surface area contributed by atoms with Crippen LogP contribution in [0.1, 0.15) is 45.6 Å². The summed E-state index contributed by atoms with van der Waals surface area (Å²) in [5, 5.41) is 0. The van der Waals surface area contributed by atoms with Gasteiger partial charge in [-0.25, -0.2) is 4.79 Å². The molecule has 5 nitrogen and oxygen atoms in total. The van der Waals surface area contributed by atoms with Gasteiger partial charge in [-0.15, -0.1) is 0 Å². The maximum absolute atomic E-state index is 12.9. The van der Waals surface area contributed by atoms with E-state index in [0.29, 0.717) is 19.6 Å². The number of piperidine rings is 1. The molecule has 0 radical (unpaired) electrons. The van der Waals surface area contributed by atoms with E-state index in [-0.39, 0.29) is 18.2 Å². The molecule has 0 aliphatic carbocycles. The molecule has 2 atom stereocenters. The molecule has 1 aromatic rings. The number of carbonyl (C=O) groups excluding carboxylic acids is 1. The van der Waals surface area contributed by atoms with Crippen molar-refractivity contribution < 1.29 is 18.7 Å². The van der Waals surface area contributed by atoms with Gasteiger partial charge in [0.15, 0.2) is 0 Å². The number of amides is 1. The van der Waals surface area contributed by atoms with Gasteiger partial charge in [0, 0.05) is 13.0 Å². The van der Waals surface area contributed by atoms with Gasteiger partial charge in [-0.3, -0.25) is 0 Å². The number of hydrogen-bond acceptors (Lipinski definition) is 4. The molecule has 1 saturated heterocycles. The number of rotatable bonds is 7. The Hall–Kier alpha value is -1.79. The van der Waals surface area contributed by atoms with E-state index >= 15 is 0 Å². The topological polar surface area (TPSA) is 48.0 Å². The minimum absolute atomic E-state index is 0.0848. The van der Waals surface area contributed by atoms with Crippen molar-refractivity contribution in [2.24, 2.45) is 0 Å². The fourth-order valence-corrected chi connectivity index (χ4v) is 4.44. The molecule has 1 fully saturated rings. The molecule has 29 heavy (non-hydrogen) atoms. The van der Waals surface area contributed by atoms with Crippen LogP contribution in [-0.2, 0) is 20.5 Å². The summed E-state index contributed by atoms with van der Waals surface area (Å²) in [6.45, 7) is 17.4. The number of ether oxygens (including phenoxy) is 2. The lowest BCUT2D eigenvalue weighted by Crippen LogP contribution is -2.53. The summed E-state index contributed by atoms with van der Waals surface area (Å²) in [5.41, 5.74) is 0.587. The number of likely N-dealkylation sites (tertiary alicyclic amines) is 1. The molecule has 2 rings (SSSR count). The molecule has 1 aliphatic rings. The van der Waals surface area contributed by atoms with Gasteiger partial charge in [0.1, 0.15) is 5.60 Å². The summed E-state index contributed by atoms with van der Waals surface area (Å²) in [7, 11) is -1.76. The lowest BCUT2D eigenvalue weighted by atomic mass is 9.95. The van der Waals surface area contributed by atoms with Crippen LogP contribution in [0.4, 0.5) is 4.79 Å². The van der Waals surface area contributed by atoms with E-state index in [9.17, 15) is 4.79 Å². The summed E-state index contributed by atoms with van der Waals surface area (Å²) in [6.07, 6.45) is 1.96. The second-order valence-electron chi connectivity index (χ2n) is 9.68. The van der Waals surface area contributed by atoms with E-state index in [1.54, 1.807) is 0 Å². The molecule has 0 N–H and O–H groups in total. The first-order valence-electron chi connectivity index (χ1n) is 10.5. The van der Waals surface area contributed by atoms with Crippen LogP contribution in [0, 0.1) is 0 Å². The lowest BCUT2D eigenvalue weighted by Gasteiger charge is -2.42. The normalized spacial score (nSPS) is 20.3. The van der Waals surface area contributed by atoms with Crippen LogP contribution in [0.25, 0.3) is 0 Å². The molecule has 6 heteroatoms. The summed E-state index contributed by atoms with van der Waals surface area (Å²) in [6, 6.07) is 9.97. The van der Waals surface area contributed by atoms with E-state index in [0.717, 1.165) is 24.2 Å². The second-order valence-corrected chi connectivity index (χ2v) is 14.1. The Kier molecular flexibility index (Phi) is 7.94. The molecule has 0 saturated carbocycles. The first-order valence-corrected chi connectivity index (χ1v) is 13.9. The van der Waals surface area contributed by atoms with Gasteiger partial charge in [0.05, 0.1) is 24.5 Å². The molecule has 1 heterocycles. The van der Waals surface area contributed by atoms with Crippen molar-refractivity contribution in [2.45, 2.75) is 84.0 Å².